The Morgan fingerprint density at radius 3 is 2.68 bits per heavy atom. The molecule has 0 aliphatic heterocycles. The molecule has 0 spiro atoms. The molecule has 0 heterocycles. The molecule has 0 aromatic heterocycles. The highest BCUT2D eigenvalue weighted by Crippen LogP contribution is 2.26. The number of methoxy groups -OCH3 is 1. The van der Waals surface area contributed by atoms with E-state index >= 15 is 0 Å². The Bertz CT molecular complexity index is 455. The van der Waals surface area contributed by atoms with Crippen LogP contribution in [-0.2, 0) is 4.79 Å². The molecule has 1 amide bonds. The number of amides is 1. The van der Waals surface area contributed by atoms with Crippen molar-refractivity contribution in [2.45, 2.75) is 38.6 Å². The first-order chi connectivity index (χ1) is 9.11. The van der Waals surface area contributed by atoms with Gasteiger partial charge >= 0.3 is 0 Å². The van der Waals surface area contributed by atoms with E-state index in [2.05, 4.69) is 5.32 Å². The quantitative estimate of drug-likeness (QED) is 0.908. The first-order valence-corrected chi connectivity index (χ1v) is 6.75. The maximum Gasteiger partial charge on any atom is 0.223 e. The highest BCUT2D eigenvalue weighted by atomic mass is 19.1. The predicted molar refractivity (Wildman–Crippen MR) is 71.5 cm³/mol. The van der Waals surface area contributed by atoms with Crippen LogP contribution in [0, 0.1) is 11.7 Å². The van der Waals surface area contributed by atoms with Crippen molar-refractivity contribution in [3.8, 4) is 5.75 Å². The molecule has 1 fully saturated rings. The van der Waals surface area contributed by atoms with Gasteiger partial charge in [0.25, 0.3) is 0 Å². The van der Waals surface area contributed by atoms with Gasteiger partial charge in [0, 0.05) is 5.92 Å². The zero-order valence-corrected chi connectivity index (χ0v) is 11.4. The Balaban J connectivity index is 2.00. The number of carbonyl (C=O) groups excluding carboxylic acids is 1. The molecule has 1 aliphatic rings. The van der Waals surface area contributed by atoms with Crippen LogP contribution in [0.15, 0.2) is 18.2 Å². The summed E-state index contributed by atoms with van der Waals surface area (Å²) in [5, 5.41) is 2.96. The summed E-state index contributed by atoms with van der Waals surface area (Å²) in [5.74, 6) is 0.0341. The van der Waals surface area contributed by atoms with Gasteiger partial charge < -0.3 is 10.1 Å². The molecule has 0 unspecified atom stereocenters. The van der Waals surface area contributed by atoms with Crippen LogP contribution in [0.2, 0.25) is 0 Å². The number of ether oxygens (including phenoxy) is 1. The first kappa shape index (κ1) is 13.8. The van der Waals surface area contributed by atoms with Crippen molar-refractivity contribution in [3.05, 3.63) is 29.6 Å². The standard InChI is InChI=1S/C15H20FNO2/c1-10(17-15(18)11-5-3-4-6-11)12-7-8-14(19-2)13(16)9-12/h7-11H,3-6H2,1-2H3,(H,17,18)/t10-/m0/s1. The Morgan fingerprint density at radius 1 is 1.42 bits per heavy atom. The summed E-state index contributed by atoms with van der Waals surface area (Å²) >= 11 is 0. The molecule has 1 aromatic carbocycles. The van der Waals surface area contributed by atoms with E-state index in [1.165, 1.54) is 13.2 Å². The molecule has 19 heavy (non-hydrogen) atoms. The molecule has 1 aromatic rings. The van der Waals surface area contributed by atoms with Crippen molar-refractivity contribution in [2.24, 2.45) is 5.92 Å². The van der Waals surface area contributed by atoms with Crippen LogP contribution < -0.4 is 10.1 Å². The van der Waals surface area contributed by atoms with Gasteiger partial charge in [-0.15, -0.1) is 0 Å². The van der Waals surface area contributed by atoms with E-state index in [1.54, 1.807) is 12.1 Å². The summed E-state index contributed by atoms with van der Waals surface area (Å²) in [5.41, 5.74) is 0.754. The van der Waals surface area contributed by atoms with E-state index in [4.69, 9.17) is 4.74 Å². The summed E-state index contributed by atoms with van der Waals surface area (Å²) in [6.45, 7) is 1.87. The van der Waals surface area contributed by atoms with E-state index in [0.717, 1.165) is 31.2 Å². The van der Waals surface area contributed by atoms with Crippen LogP contribution in [0.1, 0.15) is 44.2 Å². The molecule has 4 heteroatoms. The topological polar surface area (TPSA) is 38.3 Å². The smallest absolute Gasteiger partial charge is 0.223 e. The third-order valence-electron chi connectivity index (χ3n) is 3.76. The summed E-state index contributed by atoms with van der Waals surface area (Å²) in [6.07, 6.45) is 4.19. The zero-order chi connectivity index (χ0) is 13.8. The van der Waals surface area contributed by atoms with E-state index in [-0.39, 0.29) is 23.6 Å². The van der Waals surface area contributed by atoms with Crippen molar-refractivity contribution in [2.75, 3.05) is 7.11 Å². The van der Waals surface area contributed by atoms with Gasteiger partial charge in [-0.05, 0) is 37.5 Å². The average molecular weight is 265 g/mol. The van der Waals surface area contributed by atoms with Crippen LogP contribution >= 0.6 is 0 Å². The fraction of sp³-hybridized carbons (Fsp3) is 0.533. The van der Waals surface area contributed by atoms with Crippen molar-refractivity contribution in [3.63, 3.8) is 0 Å². The number of halogens is 1. The lowest BCUT2D eigenvalue weighted by Gasteiger charge is -2.17. The number of carbonyl (C=O) groups is 1. The summed E-state index contributed by atoms with van der Waals surface area (Å²) in [4.78, 5) is 12.0. The largest absolute Gasteiger partial charge is 0.494 e. The van der Waals surface area contributed by atoms with Crippen LogP contribution in [-0.4, -0.2) is 13.0 Å². The van der Waals surface area contributed by atoms with Crippen LogP contribution in [0.5, 0.6) is 5.75 Å². The fourth-order valence-corrected chi connectivity index (χ4v) is 2.55. The minimum Gasteiger partial charge on any atom is -0.494 e. The minimum atomic E-state index is -0.401. The van der Waals surface area contributed by atoms with Crippen LogP contribution in [0.25, 0.3) is 0 Å². The number of nitrogens with one attached hydrogen (secondary N) is 1. The molecule has 0 saturated heterocycles. The summed E-state index contributed by atoms with van der Waals surface area (Å²) in [6, 6.07) is 4.59. The van der Waals surface area contributed by atoms with Crippen molar-refractivity contribution in [1.29, 1.82) is 0 Å². The monoisotopic (exact) mass is 265 g/mol. The molecule has 1 saturated carbocycles. The molecule has 0 radical (unpaired) electrons. The van der Waals surface area contributed by atoms with Gasteiger partial charge in [0.15, 0.2) is 11.6 Å². The lowest BCUT2D eigenvalue weighted by atomic mass is 10.0. The number of rotatable bonds is 4. The van der Waals surface area contributed by atoms with Crippen molar-refractivity contribution < 1.29 is 13.9 Å². The first-order valence-electron chi connectivity index (χ1n) is 6.75. The molecule has 1 atom stereocenters. The Morgan fingerprint density at radius 2 is 2.11 bits per heavy atom. The lowest BCUT2D eigenvalue weighted by molar-refractivity contribution is -0.125. The van der Waals surface area contributed by atoms with Gasteiger partial charge in [-0.2, -0.15) is 0 Å². The summed E-state index contributed by atoms with van der Waals surface area (Å²) in [7, 11) is 1.43. The van der Waals surface area contributed by atoms with E-state index in [1.807, 2.05) is 6.92 Å². The van der Waals surface area contributed by atoms with Crippen molar-refractivity contribution in [1.82, 2.24) is 5.32 Å². The second kappa shape index (κ2) is 6.04. The minimum absolute atomic E-state index is 0.0845. The van der Waals surface area contributed by atoms with E-state index < -0.39 is 5.82 Å². The fourth-order valence-electron chi connectivity index (χ4n) is 2.55. The van der Waals surface area contributed by atoms with Crippen molar-refractivity contribution >= 4 is 5.91 Å². The highest BCUT2D eigenvalue weighted by Gasteiger charge is 2.24. The average Bonchev–Trinajstić information content (AvgIpc) is 2.92. The Labute approximate surface area is 113 Å². The van der Waals surface area contributed by atoms with E-state index in [9.17, 15) is 9.18 Å². The maximum absolute atomic E-state index is 13.6. The van der Waals surface area contributed by atoms with E-state index in [0.29, 0.717) is 0 Å². The second-order valence-electron chi connectivity index (χ2n) is 5.11. The molecule has 0 bridgehead atoms. The van der Waals surface area contributed by atoms with Crippen LogP contribution in [0.4, 0.5) is 4.39 Å². The second-order valence-corrected chi connectivity index (χ2v) is 5.11. The normalized spacial score (nSPS) is 17.2. The van der Waals surface area contributed by atoms with Gasteiger partial charge in [0.1, 0.15) is 0 Å². The zero-order valence-electron chi connectivity index (χ0n) is 11.4. The molecule has 1 N–H and O–H groups in total. The molecule has 3 nitrogen and oxygen atoms in total. The van der Waals surface area contributed by atoms with Gasteiger partial charge in [-0.1, -0.05) is 18.9 Å². The molecule has 1 aliphatic carbocycles. The van der Waals surface area contributed by atoms with Gasteiger partial charge in [0.05, 0.1) is 13.2 Å². The van der Waals surface area contributed by atoms with Gasteiger partial charge in [0.2, 0.25) is 5.91 Å². The SMILES string of the molecule is COc1ccc([C@H](C)NC(=O)C2CCCC2)cc1F. The molecular weight excluding hydrogens is 245 g/mol. The number of benzene rings is 1. The number of hydrogen-bond donors (Lipinski definition) is 1. The highest BCUT2D eigenvalue weighted by molar-refractivity contribution is 5.79. The summed E-state index contributed by atoms with van der Waals surface area (Å²) < 4.78 is 18.5. The molecule has 2 rings (SSSR count). The predicted octanol–water partition coefficient (Wildman–Crippen LogP) is 3.20. The Kier molecular flexibility index (Phi) is 4.40. The lowest BCUT2D eigenvalue weighted by Crippen LogP contribution is -2.31. The maximum atomic E-state index is 13.6. The third-order valence-corrected chi connectivity index (χ3v) is 3.76. The molecular formula is C15H20FNO2. The molecule has 104 valence electrons. The third kappa shape index (κ3) is 3.25. The Hall–Kier alpha value is -1.58. The number of hydrogen-bond acceptors (Lipinski definition) is 2. The van der Waals surface area contributed by atoms with Gasteiger partial charge in [-0.3, -0.25) is 4.79 Å². The van der Waals surface area contributed by atoms with Gasteiger partial charge in [-0.25, -0.2) is 4.39 Å². The van der Waals surface area contributed by atoms with Crippen LogP contribution in [0.3, 0.4) is 0 Å².